The third-order valence-corrected chi connectivity index (χ3v) is 5.58. The fraction of sp³-hybridized carbons (Fsp3) is 0.700. The van der Waals surface area contributed by atoms with Crippen molar-refractivity contribution < 1.29 is 14.6 Å². The molecule has 2 fully saturated rings. The largest absolute Gasteiger partial charge is 0.481 e. The third-order valence-electron chi connectivity index (χ3n) is 5.58. The molecule has 1 aromatic rings. The molecule has 3 rings (SSSR count). The molecule has 1 atom stereocenters. The third kappa shape index (κ3) is 5.17. The van der Waals surface area contributed by atoms with Gasteiger partial charge in [0, 0.05) is 12.3 Å². The maximum atomic E-state index is 12.7. The summed E-state index contributed by atoms with van der Waals surface area (Å²) in [6, 6.07) is 3.68. The molecule has 2 aliphatic rings. The van der Waals surface area contributed by atoms with Crippen LogP contribution < -0.4 is 10.1 Å². The molecule has 1 saturated carbocycles. The number of methoxy groups -OCH3 is 1. The second kappa shape index (κ2) is 9.33. The second-order valence-corrected chi connectivity index (χ2v) is 7.61. The zero-order chi connectivity index (χ0) is 18.4. The number of nitrogens with zero attached hydrogens (tertiary/aromatic N) is 2. The fourth-order valence-corrected chi connectivity index (χ4v) is 3.97. The number of likely N-dealkylation sites (tertiary alicyclic amines) is 1. The summed E-state index contributed by atoms with van der Waals surface area (Å²) in [5, 5.41) is 12.9. The van der Waals surface area contributed by atoms with Gasteiger partial charge in [0.05, 0.1) is 25.8 Å². The number of ether oxygens (including phenoxy) is 1. The van der Waals surface area contributed by atoms with Crippen LogP contribution in [0.25, 0.3) is 0 Å². The quantitative estimate of drug-likeness (QED) is 0.813. The van der Waals surface area contributed by atoms with Crippen LogP contribution in [0.2, 0.25) is 0 Å². The van der Waals surface area contributed by atoms with Crippen LogP contribution >= 0.6 is 0 Å². The highest BCUT2D eigenvalue weighted by atomic mass is 16.5. The van der Waals surface area contributed by atoms with Crippen LogP contribution in [0.5, 0.6) is 5.88 Å². The van der Waals surface area contributed by atoms with Gasteiger partial charge in [-0.15, -0.1) is 0 Å². The number of aromatic nitrogens is 1. The van der Waals surface area contributed by atoms with E-state index in [9.17, 15) is 9.90 Å². The second-order valence-electron chi connectivity index (χ2n) is 7.61. The highest BCUT2D eigenvalue weighted by molar-refractivity contribution is 5.78. The van der Waals surface area contributed by atoms with Gasteiger partial charge >= 0.3 is 0 Å². The lowest BCUT2D eigenvalue weighted by Gasteiger charge is -2.38. The number of aliphatic hydroxyl groups excluding tert-OH is 1. The average molecular weight is 361 g/mol. The Bertz CT molecular complexity index is 564. The van der Waals surface area contributed by atoms with E-state index in [1.54, 1.807) is 13.3 Å². The average Bonchev–Trinajstić information content (AvgIpc) is 2.59. The molecular weight excluding hydrogens is 330 g/mol. The monoisotopic (exact) mass is 361 g/mol. The van der Waals surface area contributed by atoms with E-state index < -0.39 is 0 Å². The predicted molar refractivity (Wildman–Crippen MR) is 99.9 cm³/mol. The molecule has 144 valence electrons. The van der Waals surface area contributed by atoms with Crippen LogP contribution in [-0.4, -0.2) is 53.7 Å². The maximum Gasteiger partial charge on any atom is 0.234 e. The van der Waals surface area contributed by atoms with Crippen LogP contribution in [0.1, 0.15) is 56.6 Å². The zero-order valence-electron chi connectivity index (χ0n) is 15.7. The standard InChI is InChI=1S/C20H31N3O3/c1-26-19-8-7-15(13-21-19)20(16-11-17(24)12-16)22-18(25)14-23-9-5-3-2-4-6-10-23/h7-8,13,16-17,20,24H,2-6,9-12,14H2,1H3,(H,22,25). The van der Waals surface area contributed by atoms with Gasteiger partial charge in [0.25, 0.3) is 0 Å². The molecule has 0 bridgehead atoms. The van der Waals surface area contributed by atoms with Crippen molar-refractivity contribution in [2.45, 2.75) is 57.1 Å². The molecule has 1 aliphatic heterocycles. The first kappa shape index (κ1) is 19.1. The summed E-state index contributed by atoms with van der Waals surface area (Å²) in [7, 11) is 1.59. The summed E-state index contributed by atoms with van der Waals surface area (Å²) in [4.78, 5) is 19.2. The van der Waals surface area contributed by atoms with Crippen molar-refractivity contribution in [3.63, 3.8) is 0 Å². The molecule has 0 aromatic carbocycles. The molecule has 1 unspecified atom stereocenters. The van der Waals surface area contributed by atoms with Crippen LogP contribution in [-0.2, 0) is 4.79 Å². The number of pyridine rings is 1. The van der Waals surface area contributed by atoms with E-state index in [-0.39, 0.29) is 24.0 Å². The Kier molecular flexibility index (Phi) is 6.86. The van der Waals surface area contributed by atoms with Crippen molar-refractivity contribution in [2.75, 3.05) is 26.7 Å². The zero-order valence-corrected chi connectivity index (χ0v) is 15.7. The number of hydrogen-bond acceptors (Lipinski definition) is 5. The van der Waals surface area contributed by atoms with Crippen molar-refractivity contribution >= 4 is 5.91 Å². The van der Waals surface area contributed by atoms with Crippen molar-refractivity contribution in [2.24, 2.45) is 5.92 Å². The number of aliphatic hydroxyl groups is 1. The van der Waals surface area contributed by atoms with Gasteiger partial charge in [0.2, 0.25) is 11.8 Å². The molecule has 26 heavy (non-hydrogen) atoms. The first-order valence-corrected chi connectivity index (χ1v) is 9.85. The number of rotatable bonds is 6. The highest BCUT2D eigenvalue weighted by Gasteiger charge is 2.36. The molecule has 1 amide bonds. The molecule has 0 radical (unpaired) electrons. The van der Waals surface area contributed by atoms with Gasteiger partial charge in [-0.3, -0.25) is 9.69 Å². The minimum atomic E-state index is -0.250. The lowest BCUT2D eigenvalue weighted by molar-refractivity contribution is -0.124. The lowest BCUT2D eigenvalue weighted by atomic mass is 9.75. The highest BCUT2D eigenvalue weighted by Crippen LogP contribution is 2.38. The van der Waals surface area contributed by atoms with Gasteiger partial charge in [-0.05, 0) is 50.3 Å². The predicted octanol–water partition coefficient (Wildman–Crippen LogP) is 2.28. The number of carbonyl (C=O) groups excluding carboxylic acids is 1. The minimum Gasteiger partial charge on any atom is -0.481 e. The summed E-state index contributed by atoms with van der Waals surface area (Å²) < 4.78 is 5.13. The maximum absolute atomic E-state index is 12.7. The van der Waals surface area contributed by atoms with Gasteiger partial charge in [-0.1, -0.05) is 25.3 Å². The van der Waals surface area contributed by atoms with Crippen LogP contribution in [0, 0.1) is 5.92 Å². The summed E-state index contributed by atoms with van der Waals surface area (Å²) >= 11 is 0. The Morgan fingerprint density at radius 2 is 1.96 bits per heavy atom. The molecule has 1 aliphatic carbocycles. The first-order valence-electron chi connectivity index (χ1n) is 9.85. The van der Waals surface area contributed by atoms with Crippen LogP contribution in [0.4, 0.5) is 0 Å². The van der Waals surface area contributed by atoms with Gasteiger partial charge in [0.1, 0.15) is 0 Å². The number of carbonyl (C=O) groups is 1. The Morgan fingerprint density at radius 1 is 1.27 bits per heavy atom. The summed E-state index contributed by atoms with van der Waals surface area (Å²) in [5.41, 5.74) is 0.976. The molecule has 6 nitrogen and oxygen atoms in total. The molecule has 2 N–H and O–H groups in total. The van der Waals surface area contributed by atoms with Crippen LogP contribution in [0.15, 0.2) is 18.3 Å². The topological polar surface area (TPSA) is 74.7 Å². The summed E-state index contributed by atoms with van der Waals surface area (Å²) in [5.74, 6) is 0.886. The fourth-order valence-electron chi connectivity index (χ4n) is 3.97. The Morgan fingerprint density at radius 3 is 2.54 bits per heavy atom. The van der Waals surface area contributed by atoms with E-state index in [0.29, 0.717) is 12.4 Å². The molecule has 1 saturated heterocycles. The number of nitrogens with one attached hydrogen (secondary N) is 1. The minimum absolute atomic E-state index is 0.0628. The van der Waals surface area contributed by atoms with Gasteiger partial charge in [-0.2, -0.15) is 0 Å². The van der Waals surface area contributed by atoms with E-state index >= 15 is 0 Å². The van der Waals surface area contributed by atoms with Crippen molar-refractivity contribution in [3.8, 4) is 5.88 Å². The molecule has 1 aromatic heterocycles. The Hall–Kier alpha value is -1.66. The Labute approximate surface area is 155 Å². The van der Waals surface area contributed by atoms with Crippen molar-refractivity contribution in [3.05, 3.63) is 23.9 Å². The molecule has 6 heteroatoms. The normalized spacial score (nSPS) is 25.5. The van der Waals surface area contributed by atoms with E-state index in [0.717, 1.165) is 31.5 Å². The van der Waals surface area contributed by atoms with E-state index in [2.05, 4.69) is 15.2 Å². The molecule has 2 heterocycles. The van der Waals surface area contributed by atoms with Crippen LogP contribution in [0.3, 0.4) is 0 Å². The van der Waals surface area contributed by atoms with Crippen molar-refractivity contribution in [1.29, 1.82) is 0 Å². The van der Waals surface area contributed by atoms with E-state index in [1.165, 1.54) is 32.1 Å². The van der Waals surface area contributed by atoms with Gasteiger partial charge < -0.3 is 15.2 Å². The SMILES string of the molecule is COc1ccc(C(NC(=O)CN2CCCCCCC2)C2CC(O)C2)cn1. The van der Waals surface area contributed by atoms with Crippen molar-refractivity contribution in [1.82, 2.24) is 15.2 Å². The van der Waals surface area contributed by atoms with E-state index in [1.807, 2.05) is 12.1 Å². The first-order chi connectivity index (χ1) is 12.7. The Balaban J connectivity index is 1.61. The van der Waals surface area contributed by atoms with E-state index in [4.69, 9.17) is 4.74 Å². The van der Waals surface area contributed by atoms with Gasteiger partial charge in [-0.25, -0.2) is 4.98 Å². The number of hydrogen-bond donors (Lipinski definition) is 2. The smallest absolute Gasteiger partial charge is 0.234 e. The lowest BCUT2D eigenvalue weighted by Crippen LogP contribution is -2.45. The summed E-state index contributed by atoms with van der Waals surface area (Å²) in [6.07, 6.45) is 9.15. The number of amides is 1. The van der Waals surface area contributed by atoms with Gasteiger partial charge in [0.15, 0.2) is 0 Å². The molecule has 0 spiro atoms. The summed E-state index contributed by atoms with van der Waals surface area (Å²) in [6.45, 7) is 2.46. The molecular formula is C20H31N3O3.